The van der Waals surface area contributed by atoms with E-state index in [1.165, 1.54) is 34.1 Å². The lowest BCUT2D eigenvalue weighted by Crippen LogP contribution is -2.22. The van der Waals surface area contributed by atoms with Gasteiger partial charge in [-0.25, -0.2) is 9.37 Å². The molecule has 0 saturated carbocycles. The van der Waals surface area contributed by atoms with Crippen LogP contribution in [0.2, 0.25) is 0 Å². The summed E-state index contributed by atoms with van der Waals surface area (Å²) in [5.41, 5.74) is 0.926. The number of fused-ring (bicyclic) bond motifs is 1. The number of thioether (sulfide) groups is 1. The lowest BCUT2D eigenvalue weighted by molar-refractivity contribution is -0.139. The summed E-state index contributed by atoms with van der Waals surface area (Å²) in [5.74, 6) is -0.941. The van der Waals surface area contributed by atoms with Crippen molar-refractivity contribution in [2.75, 3.05) is 12.4 Å². The molecule has 0 aliphatic carbocycles. The van der Waals surface area contributed by atoms with Crippen molar-refractivity contribution < 1.29 is 19.0 Å². The Balaban J connectivity index is 1.93. The molecular weight excluding hydrogens is 439 g/mol. The Bertz CT molecular complexity index is 1330. The molecule has 1 N–H and O–H groups in total. The maximum Gasteiger partial charge on any atom is 0.316 e. The highest BCUT2D eigenvalue weighted by Gasteiger charge is 2.20. The Hall–Kier alpha value is -3.17. The Labute approximate surface area is 184 Å². The normalized spacial score (nSPS) is 11.0. The van der Waals surface area contributed by atoms with Gasteiger partial charge in [-0.1, -0.05) is 36.0 Å². The zero-order chi connectivity index (χ0) is 22.0. The molecule has 2 aromatic carbocycles. The van der Waals surface area contributed by atoms with E-state index >= 15 is 0 Å². The summed E-state index contributed by atoms with van der Waals surface area (Å²) in [4.78, 5) is 30.5. The Morgan fingerprint density at radius 1 is 1.23 bits per heavy atom. The topological polar surface area (TPSA) is 81.4 Å². The lowest BCUT2D eigenvalue weighted by Gasteiger charge is -2.13. The van der Waals surface area contributed by atoms with E-state index in [-0.39, 0.29) is 23.3 Å². The number of esters is 1. The number of ether oxygens (including phenoxy) is 1. The van der Waals surface area contributed by atoms with Gasteiger partial charge in [-0.2, -0.15) is 0 Å². The minimum atomic E-state index is -0.503. The van der Waals surface area contributed by atoms with Gasteiger partial charge in [0.15, 0.2) is 5.16 Å². The van der Waals surface area contributed by atoms with E-state index in [1.54, 1.807) is 42.6 Å². The van der Waals surface area contributed by atoms with Crippen molar-refractivity contribution in [1.29, 1.82) is 0 Å². The first kappa shape index (κ1) is 21.1. The number of carbonyl (C=O) groups is 1. The van der Waals surface area contributed by atoms with Crippen LogP contribution in [-0.4, -0.2) is 33.0 Å². The number of benzene rings is 2. The fourth-order valence-corrected chi connectivity index (χ4v) is 4.93. The van der Waals surface area contributed by atoms with Crippen molar-refractivity contribution in [3.05, 3.63) is 70.1 Å². The molecule has 0 fully saturated rings. The van der Waals surface area contributed by atoms with Crippen LogP contribution in [-0.2, 0) is 9.53 Å². The SMILES string of the molecule is CCOC(=O)CSc1nc2scc(-c3ccccc3O)c2c(=O)n1-c1cccc(F)c1. The molecule has 0 unspecified atom stereocenters. The van der Waals surface area contributed by atoms with Crippen molar-refractivity contribution >= 4 is 39.3 Å². The van der Waals surface area contributed by atoms with Gasteiger partial charge in [-0.3, -0.25) is 14.2 Å². The number of hydrogen-bond donors (Lipinski definition) is 1. The van der Waals surface area contributed by atoms with Gasteiger partial charge in [0.05, 0.1) is 23.4 Å². The molecule has 0 saturated heterocycles. The summed E-state index contributed by atoms with van der Waals surface area (Å²) in [6, 6.07) is 12.3. The second-order valence-electron chi connectivity index (χ2n) is 6.46. The summed E-state index contributed by atoms with van der Waals surface area (Å²) in [6.07, 6.45) is 0. The van der Waals surface area contributed by atoms with Crippen LogP contribution in [0.4, 0.5) is 4.39 Å². The number of aromatic nitrogens is 2. The van der Waals surface area contributed by atoms with Crippen LogP contribution >= 0.6 is 23.1 Å². The van der Waals surface area contributed by atoms with Gasteiger partial charge in [0.1, 0.15) is 16.4 Å². The van der Waals surface area contributed by atoms with E-state index in [0.29, 0.717) is 27.0 Å². The van der Waals surface area contributed by atoms with E-state index in [0.717, 1.165) is 11.8 Å². The molecule has 31 heavy (non-hydrogen) atoms. The summed E-state index contributed by atoms with van der Waals surface area (Å²) in [7, 11) is 0. The van der Waals surface area contributed by atoms with Gasteiger partial charge in [0.25, 0.3) is 5.56 Å². The minimum Gasteiger partial charge on any atom is -0.507 e. The molecule has 0 amide bonds. The fraction of sp³-hybridized carbons (Fsp3) is 0.136. The van der Waals surface area contributed by atoms with E-state index < -0.39 is 17.3 Å². The minimum absolute atomic E-state index is 0.0414. The molecule has 0 spiro atoms. The number of nitrogens with zero attached hydrogens (tertiary/aromatic N) is 2. The van der Waals surface area contributed by atoms with E-state index in [9.17, 15) is 19.1 Å². The van der Waals surface area contributed by atoms with Gasteiger partial charge >= 0.3 is 5.97 Å². The van der Waals surface area contributed by atoms with Gasteiger partial charge in [-0.05, 0) is 31.2 Å². The zero-order valence-electron chi connectivity index (χ0n) is 16.4. The Morgan fingerprint density at radius 3 is 2.77 bits per heavy atom. The Kier molecular flexibility index (Phi) is 6.06. The number of thiophene rings is 1. The maximum absolute atomic E-state index is 13.9. The van der Waals surface area contributed by atoms with E-state index in [2.05, 4.69) is 4.98 Å². The van der Waals surface area contributed by atoms with Crippen LogP contribution in [0.15, 0.2) is 63.9 Å². The molecule has 4 rings (SSSR count). The molecule has 2 heterocycles. The van der Waals surface area contributed by atoms with Crippen molar-refractivity contribution in [2.45, 2.75) is 12.1 Å². The van der Waals surface area contributed by atoms with Crippen LogP contribution in [0.25, 0.3) is 27.0 Å². The first-order valence-electron chi connectivity index (χ1n) is 9.36. The van der Waals surface area contributed by atoms with Crippen molar-refractivity contribution in [2.24, 2.45) is 0 Å². The molecule has 0 aliphatic heterocycles. The highest BCUT2D eigenvalue weighted by molar-refractivity contribution is 7.99. The molecule has 2 aromatic heterocycles. The third kappa shape index (κ3) is 4.19. The number of halogens is 1. The van der Waals surface area contributed by atoms with Gasteiger partial charge < -0.3 is 9.84 Å². The number of rotatable bonds is 6. The van der Waals surface area contributed by atoms with Crippen LogP contribution in [0, 0.1) is 5.82 Å². The number of phenolic OH excluding ortho intramolecular Hbond substituents is 1. The molecule has 0 atom stereocenters. The number of phenols is 1. The second-order valence-corrected chi connectivity index (χ2v) is 8.26. The van der Waals surface area contributed by atoms with Crippen LogP contribution in [0.5, 0.6) is 5.75 Å². The van der Waals surface area contributed by atoms with Crippen molar-refractivity contribution in [1.82, 2.24) is 9.55 Å². The average molecular weight is 457 g/mol. The smallest absolute Gasteiger partial charge is 0.316 e. The van der Waals surface area contributed by atoms with Gasteiger partial charge in [0, 0.05) is 16.5 Å². The monoisotopic (exact) mass is 456 g/mol. The van der Waals surface area contributed by atoms with Crippen molar-refractivity contribution in [3.63, 3.8) is 0 Å². The molecule has 6 nitrogen and oxygen atoms in total. The predicted octanol–water partition coefficient (Wildman–Crippen LogP) is 4.61. The number of hydrogen-bond acceptors (Lipinski definition) is 7. The number of carbonyl (C=O) groups excluding carboxylic acids is 1. The van der Waals surface area contributed by atoms with Gasteiger partial charge in [-0.15, -0.1) is 11.3 Å². The van der Waals surface area contributed by atoms with Crippen LogP contribution in [0.1, 0.15) is 6.92 Å². The molecule has 9 heteroatoms. The third-order valence-electron chi connectivity index (χ3n) is 4.46. The molecule has 4 aromatic rings. The summed E-state index contributed by atoms with van der Waals surface area (Å²) in [6.45, 7) is 1.96. The summed E-state index contributed by atoms with van der Waals surface area (Å²) in [5, 5.41) is 12.6. The molecule has 0 aliphatic rings. The average Bonchev–Trinajstić information content (AvgIpc) is 3.17. The fourth-order valence-electron chi connectivity index (χ4n) is 3.14. The van der Waals surface area contributed by atoms with E-state index in [1.807, 2.05) is 0 Å². The zero-order valence-corrected chi connectivity index (χ0v) is 18.0. The largest absolute Gasteiger partial charge is 0.507 e. The molecule has 0 bridgehead atoms. The molecular formula is C22H17FN2O4S2. The highest BCUT2D eigenvalue weighted by atomic mass is 32.2. The van der Waals surface area contributed by atoms with Crippen LogP contribution < -0.4 is 5.56 Å². The second kappa shape index (κ2) is 8.91. The molecule has 0 radical (unpaired) electrons. The van der Waals surface area contributed by atoms with Crippen LogP contribution in [0.3, 0.4) is 0 Å². The number of para-hydroxylation sites is 1. The maximum atomic E-state index is 13.9. The first-order chi connectivity index (χ1) is 15.0. The standard InChI is InChI=1S/C22H17FN2O4S2/c1-2-29-18(27)12-31-22-24-20-19(16(11-30-20)15-8-3-4-9-17(15)26)21(28)25(22)14-7-5-6-13(23)10-14/h3-11,26H,2,12H2,1H3. The first-order valence-corrected chi connectivity index (χ1v) is 11.2. The summed E-state index contributed by atoms with van der Waals surface area (Å²) >= 11 is 2.30. The quantitative estimate of drug-likeness (QED) is 0.259. The van der Waals surface area contributed by atoms with Gasteiger partial charge in [0.2, 0.25) is 0 Å². The van der Waals surface area contributed by atoms with E-state index in [4.69, 9.17) is 4.74 Å². The molecule has 158 valence electrons. The predicted molar refractivity (Wildman–Crippen MR) is 120 cm³/mol. The summed E-state index contributed by atoms with van der Waals surface area (Å²) < 4.78 is 20.2. The van der Waals surface area contributed by atoms with Crippen molar-refractivity contribution in [3.8, 4) is 22.6 Å². The Morgan fingerprint density at radius 2 is 2.03 bits per heavy atom. The third-order valence-corrected chi connectivity index (χ3v) is 6.25. The highest BCUT2D eigenvalue weighted by Crippen LogP contribution is 2.37. The lowest BCUT2D eigenvalue weighted by atomic mass is 10.1. The number of aromatic hydroxyl groups is 1.